The van der Waals surface area contributed by atoms with Crippen LogP contribution >= 0.6 is 0 Å². The van der Waals surface area contributed by atoms with E-state index in [2.05, 4.69) is 0 Å². The molecule has 0 N–H and O–H groups in total. The lowest BCUT2D eigenvalue weighted by molar-refractivity contribution is -0.145. The highest BCUT2D eigenvalue weighted by atomic mass is 16.6. The summed E-state index contributed by atoms with van der Waals surface area (Å²) in [6, 6.07) is 0. The molecule has 2 aliphatic rings. The topological polar surface area (TPSA) is 77.7 Å². The molecule has 0 saturated carbocycles. The van der Waals surface area contributed by atoms with Gasteiger partial charge in [-0.15, -0.1) is 0 Å². The molecule has 0 amide bonds. The van der Waals surface area contributed by atoms with Crippen molar-refractivity contribution in [1.29, 1.82) is 0 Å². The summed E-state index contributed by atoms with van der Waals surface area (Å²) in [5, 5.41) is 0. The predicted octanol–water partition coefficient (Wildman–Crippen LogP) is 6.67. The minimum Gasteiger partial charge on any atom is -0.463 e. The summed E-state index contributed by atoms with van der Waals surface area (Å²) in [5.41, 5.74) is 0. The molecular weight excluding hydrogens is 432 g/mol. The molecule has 2 heterocycles. The fourth-order valence-electron chi connectivity index (χ4n) is 4.21. The predicted molar refractivity (Wildman–Crippen MR) is 134 cm³/mol. The second-order valence-corrected chi connectivity index (χ2v) is 10.1. The van der Waals surface area contributed by atoms with E-state index in [0.29, 0.717) is 26.1 Å². The summed E-state index contributed by atoms with van der Waals surface area (Å²) in [7, 11) is 0. The van der Waals surface area contributed by atoms with Crippen LogP contribution in [0.3, 0.4) is 0 Å². The molecule has 2 atom stereocenters. The van der Waals surface area contributed by atoms with Crippen LogP contribution in [0.5, 0.6) is 0 Å². The van der Waals surface area contributed by atoms with Crippen molar-refractivity contribution in [2.45, 2.75) is 141 Å². The zero-order valence-corrected chi connectivity index (χ0v) is 21.6. The van der Waals surface area contributed by atoms with Crippen LogP contribution in [-0.2, 0) is 28.5 Å². The highest BCUT2D eigenvalue weighted by Gasteiger charge is 2.24. The third-order valence-corrected chi connectivity index (χ3v) is 6.68. The molecule has 2 rings (SSSR count). The van der Waals surface area contributed by atoms with Gasteiger partial charge in [0, 0.05) is 12.8 Å². The van der Waals surface area contributed by atoms with Crippen LogP contribution in [0.1, 0.15) is 128 Å². The van der Waals surface area contributed by atoms with E-state index in [0.717, 1.165) is 38.9 Å². The van der Waals surface area contributed by atoms with Gasteiger partial charge in [-0.2, -0.15) is 0 Å². The van der Waals surface area contributed by atoms with Crippen LogP contribution in [0.15, 0.2) is 0 Å². The van der Waals surface area contributed by atoms with Gasteiger partial charge in [0.1, 0.15) is 25.4 Å². The van der Waals surface area contributed by atoms with Crippen LogP contribution in [0, 0.1) is 0 Å². The first kappa shape index (κ1) is 29.1. The Morgan fingerprint density at radius 1 is 0.471 bits per heavy atom. The van der Waals surface area contributed by atoms with E-state index in [1.165, 1.54) is 89.9 Å². The highest BCUT2D eigenvalue weighted by molar-refractivity contribution is 5.69. The summed E-state index contributed by atoms with van der Waals surface area (Å²) in [4.78, 5) is 23.0. The molecule has 198 valence electrons. The van der Waals surface area contributed by atoms with Crippen LogP contribution in [0.25, 0.3) is 0 Å². The molecule has 0 aromatic heterocycles. The maximum Gasteiger partial charge on any atom is 0.305 e. The van der Waals surface area contributed by atoms with Gasteiger partial charge in [-0.25, -0.2) is 0 Å². The van der Waals surface area contributed by atoms with Crippen molar-refractivity contribution in [3.63, 3.8) is 0 Å². The van der Waals surface area contributed by atoms with Crippen molar-refractivity contribution in [2.75, 3.05) is 26.4 Å². The SMILES string of the molecule is O=C(CCCCCCCCCCCCCCCCCCCCC(=O)OCC1CO1)OCC1CO1. The molecule has 6 heteroatoms. The Balaban J connectivity index is 1.16. The zero-order valence-electron chi connectivity index (χ0n) is 21.6. The monoisotopic (exact) mass is 482 g/mol. The van der Waals surface area contributed by atoms with Gasteiger partial charge in [0.25, 0.3) is 0 Å². The third kappa shape index (κ3) is 19.2. The van der Waals surface area contributed by atoms with Gasteiger partial charge in [-0.1, -0.05) is 103 Å². The van der Waals surface area contributed by atoms with E-state index < -0.39 is 0 Å². The van der Waals surface area contributed by atoms with Gasteiger partial charge in [0.05, 0.1) is 13.2 Å². The number of carbonyl (C=O) groups excluding carboxylic acids is 2. The van der Waals surface area contributed by atoms with Crippen molar-refractivity contribution < 1.29 is 28.5 Å². The summed E-state index contributed by atoms with van der Waals surface area (Å²) >= 11 is 0. The molecule has 0 aliphatic carbocycles. The van der Waals surface area contributed by atoms with Crippen LogP contribution < -0.4 is 0 Å². The molecule has 0 aromatic carbocycles. The molecule has 0 aromatic rings. The van der Waals surface area contributed by atoms with Gasteiger partial charge < -0.3 is 18.9 Å². The van der Waals surface area contributed by atoms with E-state index in [1.807, 2.05) is 0 Å². The molecule has 2 fully saturated rings. The van der Waals surface area contributed by atoms with Crippen LogP contribution in [0.4, 0.5) is 0 Å². The van der Waals surface area contributed by atoms with Gasteiger partial charge in [0.15, 0.2) is 0 Å². The number of esters is 2. The van der Waals surface area contributed by atoms with Crippen molar-refractivity contribution in [2.24, 2.45) is 0 Å². The summed E-state index contributed by atoms with van der Waals surface area (Å²) in [6.07, 6.45) is 24.4. The van der Waals surface area contributed by atoms with Gasteiger partial charge >= 0.3 is 11.9 Å². The Hall–Kier alpha value is -1.14. The average Bonchev–Trinajstić information content (AvgIpc) is 3.75. The molecule has 2 unspecified atom stereocenters. The van der Waals surface area contributed by atoms with E-state index >= 15 is 0 Å². The Bertz CT molecular complexity index is 469. The van der Waals surface area contributed by atoms with Gasteiger partial charge in [-0.3, -0.25) is 9.59 Å². The molecule has 0 radical (unpaired) electrons. The molecule has 0 bridgehead atoms. The van der Waals surface area contributed by atoms with E-state index in [4.69, 9.17) is 18.9 Å². The standard InChI is InChI=1S/C28H50O6/c29-27(33-23-25-21-31-25)19-17-15-13-11-9-7-5-3-1-2-4-6-8-10-12-14-16-18-20-28(30)34-24-26-22-32-26/h25-26H,1-24H2. The van der Waals surface area contributed by atoms with E-state index in [1.54, 1.807) is 0 Å². The van der Waals surface area contributed by atoms with Crippen LogP contribution in [0.2, 0.25) is 0 Å². The number of rotatable bonds is 25. The Morgan fingerprint density at radius 2 is 0.706 bits per heavy atom. The normalized spacial score (nSPS) is 18.6. The van der Waals surface area contributed by atoms with Crippen molar-refractivity contribution >= 4 is 11.9 Å². The van der Waals surface area contributed by atoms with Gasteiger partial charge in [0.2, 0.25) is 0 Å². The maximum absolute atomic E-state index is 11.5. The largest absolute Gasteiger partial charge is 0.463 e. The molecular formula is C28H50O6. The maximum atomic E-state index is 11.5. The first-order chi connectivity index (χ1) is 16.7. The lowest BCUT2D eigenvalue weighted by atomic mass is 10.0. The smallest absolute Gasteiger partial charge is 0.305 e. The highest BCUT2D eigenvalue weighted by Crippen LogP contribution is 2.16. The molecule has 2 aliphatic heterocycles. The lowest BCUT2D eigenvalue weighted by Crippen LogP contribution is -2.09. The quantitative estimate of drug-likeness (QED) is 0.0821. The first-order valence-electron chi connectivity index (χ1n) is 14.3. The van der Waals surface area contributed by atoms with Crippen molar-refractivity contribution in [3.8, 4) is 0 Å². The number of carbonyl (C=O) groups is 2. The number of ether oxygens (including phenoxy) is 4. The minimum atomic E-state index is -0.0678. The molecule has 6 nitrogen and oxygen atoms in total. The Kier molecular flexibility index (Phi) is 17.2. The molecule has 34 heavy (non-hydrogen) atoms. The third-order valence-electron chi connectivity index (χ3n) is 6.68. The van der Waals surface area contributed by atoms with Crippen molar-refractivity contribution in [3.05, 3.63) is 0 Å². The Labute approximate surface area is 207 Å². The first-order valence-corrected chi connectivity index (χ1v) is 14.3. The Morgan fingerprint density at radius 3 is 0.941 bits per heavy atom. The van der Waals surface area contributed by atoms with E-state index in [-0.39, 0.29) is 24.1 Å². The number of unbranched alkanes of at least 4 members (excludes halogenated alkanes) is 17. The van der Waals surface area contributed by atoms with Crippen molar-refractivity contribution in [1.82, 2.24) is 0 Å². The fourth-order valence-corrected chi connectivity index (χ4v) is 4.21. The molecule has 0 spiro atoms. The fraction of sp³-hybridized carbons (Fsp3) is 0.929. The second kappa shape index (κ2) is 20.1. The summed E-state index contributed by atoms with van der Waals surface area (Å²) in [6.45, 7) is 2.37. The second-order valence-electron chi connectivity index (χ2n) is 10.1. The van der Waals surface area contributed by atoms with Crippen LogP contribution in [-0.4, -0.2) is 50.6 Å². The zero-order chi connectivity index (χ0) is 24.1. The number of hydrogen-bond acceptors (Lipinski definition) is 6. The number of epoxide rings is 2. The summed E-state index contributed by atoms with van der Waals surface area (Å²) < 4.78 is 20.3. The molecule has 2 saturated heterocycles. The number of hydrogen-bond donors (Lipinski definition) is 0. The average molecular weight is 483 g/mol. The van der Waals surface area contributed by atoms with E-state index in [9.17, 15) is 9.59 Å². The lowest BCUT2D eigenvalue weighted by Gasteiger charge is -2.05. The summed E-state index contributed by atoms with van der Waals surface area (Å²) in [5.74, 6) is -0.136. The van der Waals surface area contributed by atoms with Gasteiger partial charge in [-0.05, 0) is 12.8 Å². The minimum absolute atomic E-state index is 0.0678.